The first-order valence-electron chi connectivity index (χ1n) is 3.30. The van der Waals surface area contributed by atoms with Crippen LogP contribution in [0.2, 0.25) is 0 Å². The highest BCUT2D eigenvalue weighted by molar-refractivity contribution is 8.02. The molecule has 0 N–H and O–H groups in total. The minimum atomic E-state index is -4.94. The van der Waals surface area contributed by atoms with Crippen LogP contribution in [0.4, 0.5) is 0 Å². The molecule has 0 amide bonds. The zero-order valence-corrected chi connectivity index (χ0v) is 10.9. The third kappa shape index (κ3) is 6.91. The first kappa shape index (κ1) is 14.5. The molecule has 0 aromatic carbocycles. The van der Waals surface area contributed by atoms with Gasteiger partial charge < -0.3 is 0 Å². The number of hydrogen-bond acceptors (Lipinski definition) is 6. The van der Waals surface area contributed by atoms with Crippen LogP contribution >= 0.6 is 32.4 Å². The summed E-state index contributed by atoms with van der Waals surface area (Å²) >= 11 is 1.85. The van der Waals surface area contributed by atoms with Crippen LogP contribution in [0, 0.1) is 24.1 Å². The van der Waals surface area contributed by atoms with Crippen LogP contribution in [0.3, 0.4) is 0 Å². The number of halogens is 1. The Bertz CT molecular complexity index is 277. The van der Waals surface area contributed by atoms with Crippen molar-refractivity contribution in [1.82, 2.24) is 0 Å². The van der Waals surface area contributed by atoms with Crippen molar-refractivity contribution in [2.45, 2.75) is 18.1 Å². The molecule has 0 bridgehead atoms. The quantitative estimate of drug-likeness (QED) is 0.360. The molecule has 0 aliphatic heterocycles. The Kier molecular flexibility index (Phi) is 6.42. The number of aryl methyl sites for hydroxylation is 1. The van der Waals surface area contributed by atoms with E-state index >= 15 is 0 Å². The van der Waals surface area contributed by atoms with Gasteiger partial charge in [-0.3, -0.25) is 0 Å². The van der Waals surface area contributed by atoms with Gasteiger partial charge in [-0.1, -0.05) is 11.8 Å². The van der Waals surface area contributed by atoms with Gasteiger partial charge >= 0.3 is 10.3 Å². The van der Waals surface area contributed by atoms with E-state index in [1.165, 1.54) is 14.6 Å². The van der Waals surface area contributed by atoms with E-state index in [0.717, 1.165) is 0 Å². The van der Waals surface area contributed by atoms with Crippen molar-refractivity contribution in [3.8, 4) is 0 Å². The van der Waals surface area contributed by atoms with Gasteiger partial charge in [0.05, 0.1) is 4.88 Å². The topological polar surface area (TPSA) is 92.2 Å². The van der Waals surface area contributed by atoms with E-state index in [1.54, 1.807) is 0 Å². The molecule has 1 rings (SSSR count). The van der Waals surface area contributed by atoms with E-state index in [1.807, 2.05) is 32.4 Å². The molecule has 0 atom stereocenters. The summed E-state index contributed by atoms with van der Waals surface area (Å²) < 4.78 is 35.4. The van der Waals surface area contributed by atoms with Crippen molar-refractivity contribution in [3.63, 3.8) is 0 Å². The Morgan fingerprint density at radius 2 is 1.64 bits per heavy atom. The maximum absolute atomic E-state index is 8.49. The summed E-state index contributed by atoms with van der Waals surface area (Å²) in [5, 5.41) is 0. The second-order valence-corrected chi connectivity index (χ2v) is 6.40. The van der Waals surface area contributed by atoms with Gasteiger partial charge in [-0.15, -0.1) is 10.2 Å². The van der Waals surface area contributed by atoms with Gasteiger partial charge in [-0.05, 0) is 20.1 Å². The Labute approximate surface area is 96.0 Å². The summed E-state index contributed by atoms with van der Waals surface area (Å²) in [5.74, 6) is 0. The molecule has 0 spiro atoms. The highest BCUT2D eigenvalue weighted by Gasteiger charge is 2.15. The molecular formula is C6H9ClO4S3. The molecule has 82 valence electrons. The number of hydrogen-bond donors (Lipinski definition) is 0. The lowest BCUT2D eigenvalue weighted by atomic mass is 10.3. The van der Waals surface area contributed by atoms with Gasteiger partial charge in [-0.2, -0.15) is 0 Å². The van der Waals surface area contributed by atoms with Gasteiger partial charge in [-0.25, -0.2) is 18.6 Å². The van der Waals surface area contributed by atoms with E-state index in [0.29, 0.717) is 0 Å². The molecule has 1 aromatic heterocycles. The fourth-order valence-electron chi connectivity index (χ4n) is 0.556. The Morgan fingerprint density at radius 3 is 1.79 bits per heavy atom. The van der Waals surface area contributed by atoms with Crippen LogP contribution in [0.1, 0.15) is 10.4 Å². The van der Waals surface area contributed by atoms with Gasteiger partial charge in [0, 0.05) is 5.56 Å². The molecule has 0 saturated heterocycles. The Hall–Kier alpha value is 0.530. The fraction of sp³-hybridized carbons (Fsp3) is 0.500. The molecule has 1 aromatic rings. The molecule has 14 heavy (non-hydrogen) atoms. The van der Waals surface area contributed by atoms with E-state index < -0.39 is 10.2 Å². The van der Waals surface area contributed by atoms with Crippen LogP contribution in [-0.2, 0) is 0 Å². The smallest absolute Gasteiger partial charge is 0.222 e. The summed E-state index contributed by atoms with van der Waals surface area (Å²) in [6.45, 7) is 4.37. The standard InChI is InChI=1S/C6H9S3.ClHO4/c1-4-5(2)8-9-6(4)7-3;2-1(3,4)5/h1-3H3;(H,2,3,4,5)/q+1;/p-1. The fourth-order valence-corrected chi connectivity index (χ4v) is 4.39. The summed E-state index contributed by atoms with van der Waals surface area (Å²) in [5.41, 5.74) is 1.47. The normalized spacial score (nSPS) is 10.8. The monoisotopic (exact) mass is 276 g/mol. The second-order valence-electron chi connectivity index (χ2n) is 2.22. The molecule has 0 aliphatic rings. The number of rotatable bonds is 1. The predicted octanol–water partition coefficient (Wildman–Crippen LogP) is -1.33. The molecule has 8 heteroatoms. The lowest BCUT2D eigenvalue weighted by Crippen LogP contribution is -2.68. The lowest BCUT2D eigenvalue weighted by Gasteiger charge is -2.17. The summed E-state index contributed by atoms with van der Waals surface area (Å²) in [6, 6.07) is 0. The van der Waals surface area contributed by atoms with Crippen molar-refractivity contribution >= 4 is 32.4 Å². The minimum absolute atomic E-state index is 1.46. The highest BCUT2D eigenvalue weighted by Crippen LogP contribution is 2.33. The van der Waals surface area contributed by atoms with E-state index in [2.05, 4.69) is 20.1 Å². The van der Waals surface area contributed by atoms with Crippen molar-refractivity contribution < 1.29 is 28.9 Å². The predicted molar refractivity (Wildman–Crippen MR) is 47.9 cm³/mol. The van der Waals surface area contributed by atoms with E-state index in [9.17, 15) is 0 Å². The highest BCUT2D eigenvalue weighted by atomic mass is 35.7. The molecule has 0 radical (unpaired) electrons. The van der Waals surface area contributed by atoms with Gasteiger partial charge in [0.2, 0.25) is 0 Å². The first-order chi connectivity index (χ1) is 6.25. The van der Waals surface area contributed by atoms with Gasteiger partial charge in [0.25, 0.3) is 4.21 Å². The molecule has 4 nitrogen and oxygen atoms in total. The molecule has 0 saturated carbocycles. The largest absolute Gasteiger partial charge is 0.307 e. The SMILES string of the molecule is CSc1[s+]sc(C)c1C.[O-][Cl+3]([O-])([O-])[O-]. The molecule has 0 unspecified atom stereocenters. The van der Waals surface area contributed by atoms with E-state index in [-0.39, 0.29) is 0 Å². The first-order valence-corrected chi connectivity index (χ1v) is 7.91. The Balaban J connectivity index is 0.000000292. The lowest BCUT2D eigenvalue weighted by molar-refractivity contribution is -2.00. The zero-order chi connectivity index (χ0) is 11.4. The summed E-state index contributed by atoms with van der Waals surface area (Å²) in [6.07, 6.45) is 2.13. The Morgan fingerprint density at radius 1 is 1.21 bits per heavy atom. The van der Waals surface area contributed by atoms with Crippen LogP contribution in [0.5, 0.6) is 0 Å². The van der Waals surface area contributed by atoms with Gasteiger partial charge in [0.1, 0.15) is 0 Å². The van der Waals surface area contributed by atoms with Crippen LogP contribution < -0.4 is 18.6 Å². The molecule has 1 heterocycles. The minimum Gasteiger partial charge on any atom is -0.222 e. The third-order valence-electron chi connectivity index (χ3n) is 1.26. The van der Waals surface area contributed by atoms with Gasteiger partial charge in [0.15, 0.2) is 10.3 Å². The second kappa shape index (κ2) is 6.19. The zero-order valence-electron chi connectivity index (χ0n) is 7.74. The molecule has 0 fully saturated rings. The van der Waals surface area contributed by atoms with Crippen molar-refractivity contribution in [2.24, 2.45) is 0 Å². The van der Waals surface area contributed by atoms with Crippen LogP contribution in [0.25, 0.3) is 0 Å². The molecular weight excluding hydrogens is 268 g/mol. The average Bonchev–Trinajstić information content (AvgIpc) is 2.30. The van der Waals surface area contributed by atoms with Crippen molar-refractivity contribution in [2.75, 3.05) is 6.26 Å². The van der Waals surface area contributed by atoms with Crippen molar-refractivity contribution in [3.05, 3.63) is 10.4 Å². The third-order valence-corrected chi connectivity index (χ3v) is 5.60. The van der Waals surface area contributed by atoms with Crippen molar-refractivity contribution in [1.29, 1.82) is 0 Å². The van der Waals surface area contributed by atoms with E-state index in [4.69, 9.17) is 18.6 Å². The summed E-state index contributed by atoms with van der Waals surface area (Å²) in [4.78, 5) is 1.46. The average molecular weight is 277 g/mol. The van der Waals surface area contributed by atoms with Crippen LogP contribution in [-0.4, -0.2) is 6.26 Å². The van der Waals surface area contributed by atoms with Crippen LogP contribution in [0.15, 0.2) is 4.21 Å². The molecule has 0 aliphatic carbocycles. The maximum atomic E-state index is 8.49. The number of thioether (sulfide) groups is 1. The summed E-state index contributed by atoms with van der Waals surface area (Å²) in [7, 11) is -1.19. The maximum Gasteiger partial charge on any atom is 0.307 e.